The predicted molar refractivity (Wildman–Crippen MR) is 99.4 cm³/mol. The summed E-state index contributed by atoms with van der Waals surface area (Å²) >= 11 is 0. The number of rotatable bonds is 6. The summed E-state index contributed by atoms with van der Waals surface area (Å²) in [5.41, 5.74) is 9.00. The highest BCUT2D eigenvalue weighted by molar-refractivity contribution is 6.08. The topological polar surface area (TPSA) is 83.0 Å². The molecule has 0 radical (unpaired) electrons. The van der Waals surface area contributed by atoms with Crippen molar-refractivity contribution in [2.75, 3.05) is 12.3 Å². The summed E-state index contributed by atoms with van der Waals surface area (Å²) in [6, 6.07) is 7.52. The number of benzene rings is 1. The fraction of sp³-hybridized carbons (Fsp3) is 0.316. The minimum absolute atomic E-state index is 0.276. The van der Waals surface area contributed by atoms with E-state index in [-0.39, 0.29) is 5.56 Å². The van der Waals surface area contributed by atoms with Gasteiger partial charge in [0.2, 0.25) is 0 Å². The number of aromatic nitrogens is 3. The maximum Gasteiger partial charge on any atom is 0.344 e. The summed E-state index contributed by atoms with van der Waals surface area (Å²) in [6.07, 6.45) is 2.65. The number of esters is 1. The molecule has 3 rings (SSSR count). The monoisotopic (exact) mass is 338 g/mol. The molecule has 2 N–H and O–H groups in total. The van der Waals surface area contributed by atoms with Crippen molar-refractivity contribution in [2.45, 2.75) is 26.8 Å². The van der Waals surface area contributed by atoms with E-state index < -0.39 is 5.97 Å². The molecule has 1 unspecified atom stereocenters. The number of carbonyl (C=O) groups is 1. The number of nitrogen functional groups attached to an aromatic ring is 1. The van der Waals surface area contributed by atoms with Gasteiger partial charge in [-0.3, -0.25) is 0 Å². The molecule has 0 amide bonds. The van der Waals surface area contributed by atoms with Crippen LogP contribution in [0.4, 0.5) is 5.82 Å². The molecule has 3 aromatic rings. The maximum atomic E-state index is 12.6. The molecule has 0 aliphatic heterocycles. The van der Waals surface area contributed by atoms with Crippen LogP contribution in [0.15, 0.2) is 36.9 Å². The molecule has 1 aromatic carbocycles. The van der Waals surface area contributed by atoms with Crippen molar-refractivity contribution in [3.8, 4) is 0 Å². The molecule has 1 atom stereocenters. The summed E-state index contributed by atoms with van der Waals surface area (Å²) in [4.78, 5) is 21.9. The van der Waals surface area contributed by atoms with Crippen molar-refractivity contribution in [3.63, 3.8) is 0 Å². The Labute approximate surface area is 146 Å². The van der Waals surface area contributed by atoms with E-state index >= 15 is 0 Å². The first-order chi connectivity index (χ1) is 12.1. The van der Waals surface area contributed by atoms with E-state index in [0.717, 1.165) is 11.9 Å². The molecule has 0 aliphatic carbocycles. The van der Waals surface area contributed by atoms with Crippen LogP contribution in [0.2, 0.25) is 0 Å². The Balaban J connectivity index is 2.16. The van der Waals surface area contributed by atoms with Gasteiger partial charge in [0.1, 0.15) is 16.9 Å². The minimum atomic E-state index is -0.463. The van der Waals surface area contributed by atoms with Crippen LogP contribution in [0.5, 0.6) is 0 Å². The Hall–Kier alpha value is -2.89. The van der Waals surface area contributed by atoms with Gasteiger partial charge in [-0.15, -0.1) is 6.58 Å². The van der Waals surface area contributed by atoms with Gasteiger partial charge in [0, 0.05) is 6.54 Å². The molecule has 6 nitrogen and oxygen atoms in total. The third-order valence-electron chi connectivity index (χ3n) is 4.30. The number of carbonyl (C=O) groups excluding carboxylic acids is 1. The molecule has 0 aliphatic rings. The lowest BCUT2D eigenvalue weighted by atomic mass is 10.1. The van der Waals surface area contributed by atoms with Gasteiger partial charge >= 0.3 is 5.97 Å². The van der Waals surface area contributed by atoms with E-state index in [9.17, 15) is 4.79 Å². The fourth-order valence-electron chi connectivity index (χ4n) is 2.64. The Morgan fingerprint density at radius 2 is 2.04 bits per heavy atom. The van der Waals surface area contributed by atoms with Crippen LogP contribution in [-0.4, -0.2) is 27.1 Å². The van der Waals surface area contributed by atoms with Crippen LogP contribution in [0.25, 0.3) is 22.2 Å². The summed E-state index contributed by atoms with van der Waals surface area (Å²) in [6.45, 7) is 8.63. The van der Waals surface area contributed by atoms with E-state index in [4.69, 9.17) is 10.5 Å². The number of hydrogen-bond donors (Lipinski definition) is 1. The summed E-state index contributed by atoms with van der Waals surface area (Å²) in [7, 11) is 0. The third kappa shape index (κ3) is 3.07. The first-order valence-corrected chi connectivity index (χ1v) is 8.39. The highest BCUT2D eigenvalue weighted by Crippen LogP contribution is 2.28. The number of anilines is 1. The lowest BCUT2D eigenvalue weighted by molar-refractivity contribution is 0.0450. The van der Waals surface area contributed by atoms with E-state index in [2.05, 4.69) is 23.5 Å². The Morgan fingerprint density at radius 1 is 1.36 bits per heavy atom. The average Bonchev–Trinajstić information content (AvgIpc) is 2.89. The number of allylic oxidation sites excluding steroid dienone is 1. The fourth-order valence-corrected chi connectivity index (χ4v) is 2.64. The van der Waals surface area contributed by atoms with Crippen molar-refractivity contribution in [2.24, 2.45) is 5.92 Å². The van der Waals surface area contributed by atoms with Gasteiger partial charge in [-0.25, -0.2) is 14.8 Å². The predicted octanol–water partition coefficient (Wildman–Crippen LogP) is 3.56. The number of ether oxygens (including phenoxy) is 1. The van der Waals surface area contributed by atoms with Gasteiger partial charge in [0.05, 0.1) is 17.6 Å². The molecule has 2 heterocycles. The van der Waals surface area contributed by atoms with E-state index in [1.54, 1.807) is 10.6 Å². The Kier molecular flexibility index (Phi) is 4.70. The van der Waals surface area contributed by atoms with Crippen LogP contribution >= 0.6 is 0 Å². The van der Waals surface area contributed by atoms with Crippen molar-refractivity contribution in [1.82, 2.24) is 14.5 Å². The van der Waals surface area contributed by atoms with Crippen molar-refractivity contribution < 1.29 is 9.53 Å². The average molecular weight is 338 g/mol. The number of fused-ring (bicyclic) bond motifs is 2. The van der Waals surface area contributed by atoms with Crippen LogP contribution in [0, 0.1) is 5.92 Å². The summed E-state index contributed by atoms with van der Waals surface area (Å²) in [5.74, 6) is 0.133. The van der Waals surface area contributed by atoms with E-state index in [0.29, 0.717) is 41.6 Å². The lowest BCUT2D eigenvalue weighted by Gasteiger charge is -2.09. The lowest BCUT2D eigenvalue weighted by Crippen LogP contribution is -2.13. The molecule has 0 bridgehead atoms. The van der Waals surface area contributed by atoms with Gasteiger partial charge in [-0.1, -0.05) is 38.5 Å². The number of hydrogen-bond acceptors (Lipinski definition) is 5. The van der Waals surface area contributed by atoms with Crippen molar-refractivity contribution >= 4 is 34.0 Å². The second kappa shape index (κ2) is 6.93. The molecule has 130 valence electrons. The smallest absolute Gasteiger partial charge is 0.344 e. The molecule has 0 fully saturated rings. The SMILES string of the molecule is C=CCn1c(N)c(C(=O)OCC(C)CC)c2nc3ccccc3nc21. The molecular weight excluding hydrogens is 316 g/mol. The molecular formula is C19H22N4O2. The highest BCUT2D eigenvalue weighted by Gasteiger charge is 2.25. The summed E-state index contributed by atoms with van der Waals surface area (Å²) in [5, 5.41) is 0. The van der Waals surface area contributed by atoms with Crippen LogP contribution in [0.1, 0.15) is 30.6 Å². The van der Waals surface area contributed by atoms with Crippen LogP contribution in [0.3, 0.4) is 0 Å². The molecule has 25 heavy (non-hydrogen) atoms. The Bertz CT molecular complexity index is 945. The standard InChI is InChI=1S/C19H22N4O2/c1-4-10-23-17(20)15(19(24)25-11-12(3)5-2)16-18(23)22-14-9-7-6-8-13(14)21-16/h4,6-9,12H,1,5,10-11,20H2,2-3H3. The maximum absolute atomic E-state index is 12.6. The number of nitrogens with two attached hydrogens (primary N) is 1. The summed E-state index contributed by atoms with van der Waals surface area (Å²) < 4.78 is 7.19. The van der Waals surface area contributed by atoms with Gasteiger partial charge in [-0.05, 0) is 18.1 Å². The molecule has 0 spiro atoms. The first-order valence-electron chi connectivity index (χ1n) is 8.39. The highest BCUT2D eigenvalue weighted by atomic mass is 16.5. The molecule has 0 saturated carbocycles. The van der Waals surface area contributed by atoms with Crippen LogP contribution < -0.4 is 5.73 Å². The molecule has 6 heteroatoms. The van der Waals surface area contributed by atoms with E-state index in [1.165, 1.54) is 0 Å². The molecule has 0 saturated heterocycles. The minimum Gasteiger partial charge on any atom is -0.462 e. The van der Waals surface area contributed by atoms with Crippen molar-refractivity contribution in [3.05, 3.63) is 42.5 Å². The zero-order chi connectivity index (χ0) is 18.0. The van der Waals surface area contributed by atoms with Gasteiger partial charge in [0.15, 0.2) is 5.65 Å². The zero-order valence-corrected chi connectivity index (χ0v) is 14.5. The first kappa shape index (κ1) is 17.0. The zero-order valence-electron chi connectivity index (χ0n) is 14.5. The van der Waals surface area contributed by atoms with Crippen molar-refractivity contribution in [1.29, 1.82) is 0 Å². The number of para-hydroxylation sites is 2. The quantitative estimate of drug-likeness (QED) is 0.549. The second-order valence-electron chi connectivity index (χ2n) is 6.16. The normalized spacial score (nSPS) is 12.4. The largest absolute Gasteiger partial charge is 0.462 e. The second-order valence-corrected chi connectivity index (χ2v) is 6.16. The Morgan fingerprint density at radius 3 is 2.68 bits per heavy atom. The third-order valence-corrected chi connectivity index (χ3v) is 4.30. The number of nitrogens with zero attached hydrogens (tertiary/aromatic N) is 3. The van der Waals surface area contributed by atoms with Gasteiger partial charge in [-0.2, -0.15) is 0 Å². The van der Waals surface area contributed by atoms with Gasteiger partial charge in [0.25, 0.3) is 0 Å². The van der Waals surface area contributed by atoms with Crippen LogP contribution in [-0.2, 0) is 11.3 Å². The van der Waals surface area contributed by atoms with E-state index in [1.807, 2.05) is 31.2 Å². The van der Waals surface area contributed by atoms with Gasteiger partial charge < -0.3 is 15.0 Å². The molecule has 2 aromatic heterocycles.